The molecule has 1 aliphatic rings. The average molecular weight is 333 g/mol. The molecule has 0 radical (unpaired) electrons. The molecular weight excluding hydrogens is 306 g/mol. The molecule has 1 aromatic rings. The van der Waals surface area contributed by atoms with Gasteiger partial charge >= 0.3 is 5.97 Å². The van der Waals surface area contributed by atoms with Gasteiger partial charge in [0.15, 0.2) is 6.61 Å². The zero-order chi connectivity index (χ0) is 17.5. The molecule has 0 unspecified atom stereocenters. The summed E-state index contributed by atoms with van der Waals surface area (Å²) in [4.78, 5) is 24.0. The lowest BCUT2D eigenvalue weighted by Gasteiger charge is -2.29. The first-order valence-electron chi connectivity index (χ1n) is 8.58. The molecule has 1 aromatic carbocycles. The van der Waals surface area contributed by atoms with E-state index in [0.29, 0.717) is 11.7 Å². The van der Waals surface area contributed by atoms with E-state index in [1.165, 1.54) is 6.42 Å². The molecule has 132 valence electrons. The van der Waals surface area contributed by atoms with Crippen LogP contribution in [0.15, 0.2) is 18.2 Å². The van der Waals surface area contributed by atoms with E-state index < -0.39 is 5.97 Å². The highest BCUT2D eigenvalue weighted by atomic mass is 16.5. The molecule has 0 spiro atoms. The average Bonchev–Trinajstić information content (AvgIpc) is 2.55. The molecule has 1 aliphatic carbocycles. The monoisotopic (exact) mass is 333 g/mol. The maximum absolute atomic E-state index is 12.0. The number of methoxy groups -OCH3 is 1. The van der Waals surface area contributed by atoms with Gasteiger partial charge in [0.2, 0.25) is 0 Å². The van der Waals surface area contributed by atoms with Crippen LogP contribution in [0.2, 0.25) is 0 Å². The highest BCUT2D eigenvalue weighted by Gasteiger charge is 2.23. The van der Waals surface area contributed by atoms with Gasteiger partial charge < -0.3 is 14.8 Å². The summed E-state index contributed by atoms with van der Waals surface area (Å²) in [5, 5.41) is 2.98. The first kappa shape index (κ1) is 18.3. The molecule has 24 heavy (non-hydrogen) atoms. The molecule has 2 atom stereocenters. The van der Waals surface area contributed by atoms with Crippen molar-refractivity contribution in [2.75, 3.05) is 13.7 Å². The number of rotatable bonds is 6. The lowest BCUT2D eigenvalue weighted by Crippen LogP contribution is -2.42. The summed E-state index contributed by atoms with van der Waals surface area (Å²) < 4.78 is 10.4. The van der Waals surface area contributed by atoms with Crippen LogP contribution in [0.5, 0.6) is 5.75 Å². The minimum absolute atomic E-state index is 0.0952. The van der Waals surface area contributed by atoms with Crippen molar-refractivity contribution in [3.63, 3.8) is 0 Å². The zero-order valence-electron chi connectivity index (χ0n) is 14.8. The van der Waals surface area contributed by atoms with E-state index in [1.807, 2.05) is 25.1 Å². The number of benzene rings is 1. The maximum Gasteiger partial charge on any atom is 0.310 e. The minimum Gasteiger partial charge on any atom is -0.496 e. The van der Waals surface area contributed by atoms with Crippen LogP contribution in [0.4, 0.5) is 0 Å². The molecule has 1 saturated carbocycles. The number of ether oxygens (including phenoxy) is 2. The summed E-state index contributed by atoms with van der Waals surface area (Å²) in [5.74, 6) is 0.483. The summed E-state index contributed by atoms with van der Waals surface area (Å²) in [7, 11) is 1.57. The van der Waals surface area contributed by atoms with Gasteiger partial charge in [-0.3, -0.25) is 9.59 Å². The number of esters is 1. The van der Waals surface area contributed by atoms with Crippen LogP contribution in [0.25, 0.3) is 0 Å². The molecule has 5 nitrogen and oxygen atoms in total. The minimum atomic E-state index is -0.425. The van der Waals surface area contributed by atoms with Crippen molar-refractivity contribution in [3.8, 4) is 5.75 Å². The first-order valence-corrected chi connectivity index (χ1v) is 8.58. The first-order chi connectivity index (χ1) is 11.5. The Balaban J connectivity index is 1.80. The van der Waals surface area contributed by atoms with Crippen LogP contribution < -0.4 is 10.1 Å². The third kappa shape index (κ3) is 5.25. The van der Waals surface area contributed by atoms with Crippen molar-refractivity contribution in [2.45, 2.75) is 52.0 Å². The molecule has 2 rings (SSSR count). The lowest BCUT2D eigenvalue weighted by molar-refractivity contribution is -0.148. The number of hydrogen-bond donors (Lipinski definition) is 1. The van der Waals surface area contributed by atoms with Crippen molar-refractivity contribution >= 4 is 11.9 Å². The summed E-state index contributed by atoms with van der Waals surface area (Å²) in [6, 6.07) is 5.84. The largest absolute Gasteiger partial charge is 0.496 e. The molecule has 0 saturated heterocycles. The van der Waals surface area contributed by atoms with E-state index in [9.17, 15) is 9.59 Å². The number of carbonyl (C=O) groups excluding carboxylic acids is 2. The fraction of sp³-hybridized carbons (Fsp3) is 0.579. The maximum atomic E-state index is 12.0. The van der Waals surface area contributed by atoms with Crippen molar-refractivity contribution < 1.29 is 19.1 Å². The molecule has 1 N–H and O–H groups in total. The summed E-state index contributed by atoms with van der Waals surface area (Å²) in [6.07, 6.45) is 4.60. The molecule has 1 fully saturated rings. The van der Waals surface area contributed by atoms with Crippen LogP contribution in [0, 0.1) is 12.8 Å². The van der Waals surface area contributed by atoms with Crippen molar-refractivity contribution in [2.24, 2.45) is 5.92 Å². The smallest absolute Gasteiger partial charge is 0.310 e. The Kier molecular flexibility index (Phi) is 6.64. The van der Waals surface area contributed by atoms with Gasteiger partial charge in [0.25, 0.3) is 5.91 Å². The molecular formula is C19H27NO4. The van der Waals surface area contributed by atoms with Gasteiger partial charge in [-0.15, -0.1) is 0 Å². The number of aryl methyl sites for hydroxylation is 1. The predicted octanol–water partition coefficient (Wildman–Crippen LogP) is 2.78. The third-order valence-electron chi connectivity index (χ3n) is 4.59. The van der Waals surface area contributed by atoms with Crippen molar-refractivity contribution in [3.05, 3.63) is 29.3 Å². The number of hydrogen-bond acceptors (Lipinski definition) is 4. The van der Waals surface area contributed by atoms with Gasteiger partial charge in [0.1, 0.15) is 5.75 Å². The van der Waals surface area contributed by atoms with Crippen LogP contribution in [-0.2, 0) is 20.7 Å². The van der Waals surface area contributed by atoms with Gasteiger partial charge in [-0.05, 0) is 31.7 Å². The second-order valence-electron chi connectivity index (χ2n) is 6.59. The Morgan fingerprint density at radius 3 is 2.71 bits per heavy atom. The quantitative estimate of drug-likeness (QED) is 0.813. The summed E-state index contributed by atoms with van der Waals surface area (Å²) >= 11 is 0. The van der Waals surface area contributed by atoms with E-state index in [0.717, 1.165) is 30.4 Å². The van der Waals surface area contributed by atoms with Crippen molar-refractivity contribution in [1.82, 2.24) is 5.32 Å². The fourth-order valence-electron chi connectivity index (χ4n) is 3.18. The topological polar surface area (TPSA) is 64.6 Å². The summed E-state index contributed by atoms with van der Waals surface area (Å²) in [6.45, 7) is 3.88. The molecule has 0 heterocycles. The van der Waals surface area contributed by atoms with Crippen LogP contribution in [-0.4, -0.2) is 31.6 Å². The van der Waals surface area contributed by atoms with E-state index >= 15 is 0 Å². The molecule has 0 bridgehead atoms. The molecule has 0 aliphatic heterocycles. The highest BCUT2D eigenvalue weighted by molar-refractivity contribution is 5.81. The zero-order valence-corrected chi connectivity index (χ0v) is 14.8. The second kappa shape index (κ2) is 8.71. The Labute approximate surface area is 143 Å². The standard InChI is InChI=1S/C19H27NO4/c1-13-8-9-17(23-3)15(10-13)11-19(22)24-12-18(21)20-16-7-5-4-6-14(16)2/h8-10,14,16H,4-7,11-12H2,1-3H3,(H,20,21)/t14-,16+/m1/s1. The lowest BCUT2D eigenvalue weighted by atomic mass is 9.86. The van der Waals surface area contributed by atoms with Crippen LogP contribution >= 0.6 is 0 Å². The van der Waals surface area contributed by atoms with E-state index in [2.05, 4.69) is 12.2 Å². The van der Waals surface area contributed by atoms with Crippen molar-refractivity contribution in [1.29, 1.82) is 0 Å². The van der Waals surface area contributed by atoms with E-state index in [4.69, 9.17) is 9.47 Å². The number of nitrogens with one attached hydrogen (secondary N) is 1. The fourth-order valence-corrected chi connectivity index (χ4v) is 3.18. The third-order valence-corrected chi connectivity index (χ3v) is 4.59. The Hall–Kier alpha value is -2.04. The molecule has 0 aromatic heterocycles. The van der Waals surface area contributed by atoms with E-state index in [1.54, 1.807) is 7.11 Å². The SMILES string of the molecule is COc1ccc(C)cc1CC(=O)OCC(=O)N[C@H]1CCCC[C@H]1C. The Bertz CT molecular complexity index is 585. The van der Waals surface area contributed by atoms with Gasteiger partial charge in [0.05, 0.1) is 13.5 Å². The van der Waals surface area contributed by atoms with Crippen LogP contribution in [0.1, 0.15) is 43.7 Å². The molecule has 5 heteroatoms. The number of carbonyl (C=O) groups is 2. The predicted molar refractivity (Wildman–Crippen MR) is 92.0 cm³/mol. The number of amides is 1. The van der Waals surface area contributed by atoms with Gasteiger partial charge in [-0.25, -0.2) is 0 Å². The van der Waals surface area contributed by atoms with Gasteiger partial charge in [0, 0.05) is 11.6 Å². The van der Waals surface area contributed by atoms with Crippen LogP contribution in [0.3, 0.4) is 0 Å². The van der Waals surface area contributed by atoms with E-state index in [-0.39, 0.29) is 25.0 Å². The molecule has 1 amide bonds. The normalized spacial score (nSPS) is 20.3. The highest BCUT2D eigenvalue weighted by Crippen LogP contribution is 2.23. The van der Waals surface area contributed by atoms with Gasteiger partial charge in [-0.2, -0.15) is 0 Å². The second-order valence-corrected chi connectivity index (χ2v) is 6.59. The van der Waals surface area contributed by atoms with Gasteiger partial charge in [-0.1, -0.05) is 37.5 Å². The summed E-state index contributed by atoms with van der Waals surface area (Å²) in [5.41, 5.74) is 1.81. The Morgan fingerprint density at radius 1 is 1.25 bits per heavy atom. The Morgan fingerprint density at radius 2 is 2.00 bits per heavy atom.